The number of fused-ring (bicyclic) bond motifs is 1. The lowest BCUT2D eigenvalue weighted by Crippen LogP contribution is -2.20. The SMILES string of the molecule is CC(c1ccccc1)S(=O)(=O)c1nc2ccccc2nc1NS(=O)(=O)c1ccccc1Cl. The van der Waals surface area contributed by atoms with E-state index in [1.165, 1.54) is 25.1 Å². The summed E-state index contributed by atoms with van der Waals surface area (Å²) in [4.78, 5) is 8.37. The zero-order chi connectivity index (χ0) is 22.9. The molecule has 0 bridgehead atoms. The van der Waals surface area contributed by atoms with E-state index in [0.717, 1.165) is 0 Å². The van der Waals surface area contributed by atoms with Gasteiger partial charge in [0.25, 0.3) is 10.0 Å². The Morgan fingerprint density at radius 2 is 1.34 bits per heavy atom. The third kappa shape index (κ3) is 4.19. The molecule has 164 valence electrons. The highest BCUT2D eigenvalue weighted by atomic mass is 35.5. The van der Waals surface area contributed by atoms with Gasteiger partial charge >= 0.3 is 0 Å². The first-order valence-electron chi connectivity index (χ1n) is 9.53. The van der Waals surface area contributed by atoms with Crippen molar-refractivity contribution in [3.63, 3.8) is 0 Å². The van der Waals surface area contributed by atoms with Crippen LogP contribution in [0.2, 0.25) is 5.02 Å². The van der Waals surface area contributed by atoms with Crippen LogP contribution in [0.25, 0.3) is 11.0 Å². The standard InChI is InChI=1S/C22H18ClN3O4S2/c1-15(16-9-3-2-4-10-16)31(27,28)22-21(24-18-12-6-7-13-19(18)25-22)26-32(29,30)20-14-8-5-11-17(20)23/h2-15H,1H3,(H,24,26). The molecule has 0 saturated heterocycles. The van der Waals surface area contributed by atoms with Crippen molar-refractivity contribution in [3.05, 3.63) is 89.4 Å². The van der Waals surface area contributed by atoms with Gasteiger partial charge in [0.1, 0.15) is 4.90 Å². The molecule has 1 heterocycles. The smallest absolute Gasteiger partial charge is 0.261 e. The van der Waals surface area contributed by atoms with Crippen LogP contribution in [0.5, 0.6) is 0 Å². The predicted octanol–water partition coefficient (Wildman–Crippen LogP) is 4.62. The van der Waals surface area contributed by atoms with Crippen LogP contribution in [0.1, 0.15) is 17.7 Å². The first-order chi connectivity index (χ1) is 15.2. The van der Waals surface area contributed by atoms with E-state index in [1.54, 1.807) is 60.7 Å². The average Bonchev–Trinajstić information content (AvgIpc) is 2.78. The van der Waals surface area contributed by atoms with Crippen molar-refractivity contribution in [2.45, 2.75) is 22.1 Å². The fourth-order valence-electron chi connectivity index (χ4n) is 3.16. The Hall–Kier alpha value is -3.01. The Kier molecular flexibility index (Phi) is 5.89. The number of nitrogens with one attached hydrogen (secondary N) is 1. The third-order valence-electron chi connectivity index (χ3n) is 4.90. The maximum Gasteiger partial charge on any atom is 0.264 e. The summed E-state index contributed by atoms with van der Waals surface area (Å²) in [6.45, 7) is 1.52. The van der Waals surface area contributed by atoms with Crippen LogP contribution in [-0.4, -0.2) is 26.8 Å². The molecule has 0 saturated carbocycles. The molecule has 0 radical (unpaired) electrons. The molecule has 3 aromatic carbocycles. The highest BCUT2D eigenvalue weighted by Crippen LogP contribution is 2.33. The summed E-state index contributed by atoms with van der Waals surface area (Å²) >= 11 is 6.06. The molecule has 7 nitrogen and oxygen atoms in total. The van der Waals surface area contributed by atoms with Gasteiger partial charge in [-0.25, -0.2) is 26.8 Å². The molecule has 10 heteroatoms. The Bertz CT molecular complexity index is 1510. The minimum Gasteiger partial charge on any atom is -0.261 e. The largest absolute Gasteiger partial charge is 0.264 e. The van der Waals surface area contributed by atoms with Crippen molar-refractivity contribution in [2.24, 2.45) is 0 Å². The fraction of sp³-hybridized carbons (Fsp3) is 0.0909. The van der Waals surface area contributed by atoms with Crippen LogP contribution in [0, 0.1) is 0 Å². The minimum atomic E-state index is -4.23. The molecular weight excluding hydrogens is 470 g/mol. The van der Waals surface area contributed by atoms with Crippen LogP contribution in [0.4, 0.5) is 5.82 Å². The van der Waals surface area contributed by atoms with E-state index in [2.05, 4.69) is 14.7 Å². The van der Waals surface area contributed by atoms with Crippen LogP contribution in [0.3, 0.4) is 0 Å². The molecule has 1 N–H and O–H groups in total. The summed E-state index contributed by atoms with van der Waals surface area (Å²) in [7, 11) is -8.35. The van der Waals surface area contributed by atoms with E-state index in [0.29, 0.717) is 16.6 Å². The number of hydrogen-bond donors (Lipinski definition) is 1. The molecule has 0 aliphatic heterocycles. The van der Waals surface area contributed by atoms with E-state index in [1.807, 2.05) is 0 Å². The third-order valence-corrected chi connectivity index (χ3v) is 8.77. The molecule has 4 aromatic rings. The van der Waals surface area contributed by atoms with Crippen molar-refractivity contribution in [1.82, 2.24) is 9.97 Å². The average molecular weight is 488 g/mol. The zero-order valence-corrected chi connectivity index (χ0v) is 19.2. The van der Waals surface area contributed by atoms with Gasteiger partial charge in [-0.05, 0) is 36.8 Å². The lowest BCUT2D eigenvalue weighted by molar-refractivity contribution is 0.583. The number of rotatable bonds is 6. The van der Waals surface area contributed by atoms with Gasteiger partial charge in [-0.15, -0.1) is 0 Å². The van der Waals surface area contributed by atoms with Gasteiger partial charge in [0, 0.05) is 0 Å². The molecule has 1 unspecified atom stereocenters. The van der Waals surface area contributed by atoms with Crippen LogP contribution >= 0.6 is 11.6 Å². The second-order valence-electron chi connectivity index (χ2n) is 7.00. The number of hydrogen-bond acceptors (Lipinski definition) is 6. The lowest BCUT2D eigenvalue weighted by Gasteiger charge is -2.17. The van der Waals surface area contributed by atoms with Crippen LogP contribution in [0.15, 0.2) is 88.8 Å². The van der Waals surface area contributed by atoms with E-state index in [4.69, 9.17) is 11.6 Å². The highest BCUT2D eigenvalue weighted by molar-refractivity contribution is 7.93. The van der Waals surface area contributed by atoms with E-state index in [-0.39, 0.29) is 15.7 Å². The number of para-hydroxylation sites is 2. The Morgan fingerprint density at radius 3 is 2.00 bits per heavy atom. The number of nitrogens with zero attached hydrogens (tertiary/aromatic N) is 2. The molecule has 0 fully saturated rings. The molecule has 0 amide bonds. The normalized spacial score (nSPS) is 13.1. The monoisotopic (exact) mass is 487 g/mol. The summed E-state index contributed by atoms with van der Waals surface area (Å²) in [5.74, 6) is -0.383. The fourth-order valence-corrected chi connectivity index (χ4v) is 6.20. The maximum absolute atomic E-state index is 13.5. The summed E-state index contributed by atoms with van der Waals surface area (Å²) in [5, 5.41) is -1.44. The number of halogens is 1. The second kappa shape index (κ2) is 8.50. The predicted molar refractivity (Wildman–Crippen MR) is 124 cm³/mol. The Morgan fingerprint density at radius 1 is 0.781 bits per heavy atom. The van der Waals surface area contributed by atoms with Crippen LogP contribution in [-0.2, 0) is 19.9 Å². The zero-order valence-electron chi connectivity index (χ0n) is 16.8. The molecule has 32 heavy (non-hydrogen) atoms. The maximum atomic E-state index is 13.5. The molecule has 1 atom stereocenters. The van der Waals surface area contributed by atoms with Gasteiger partial charge < -0.3 is 0 Å². The number of sulfone groups is 1. The van der Waals surface area contributed by atoms with Gasteiger partial charge in [-0.3, -0.25) is 4.72 Å². The molecule has 1 aromatic heterocycles. The number of sulfonamides is 1. The van der Waals surface area contributed by atoms with Gasteiger partial charge in [-0.1, -0.05) is 66.2 Å². The summed E-state index contributed by atoms with van der Waals surface area (Å²) in [5.41, 5.74) is 1.21. The Labute approximate surface area is 191 Å². The van der Waals surface area contributed by atoms with Crippen molar-refractivity contribution >= 4 is 48.3 Å². The van der Waals surface area contributed by atoms with Gasteiger partial charge in [0.15, 0.2) is 10.8 Å². The quantitative estimate of drug-likeness (QED) is 0.425. The number of benzene rings is 3. The highest BCUT2D eigenvalue weighted by Gasteiger charge is 2.32. The van der Waals surface area contributed by atoms with Crippen LogP contribution < -0.4 is 4.72 Å². The lowest BCUT2D eigenvalue weighted by atomic mass is 10.2. The summed E-state index contributed by atoms with van der Waals surface area (Å²) in [6.07, 6.45) is 0. The molecule has 4 rings (SSSR count). The molecular formula is C22H18ClN3O4S2. The topological polar surface area (TPSA) is 106 Å². The Balaban J connectivity index is 1.89. The van der Waals surface area contributed by atoms with Gasteiger partial charge in [0.05, 0.1) is 21.3 Å². The van der Waals surface area contributed by atoms with E-state index < -0.39 is 30.1 Å². The van der Waals surface area contributed by atoms with Crippen molar-refractivity contribution < 1.29 is 16.8 Å². The minimum absolute atomic E-state index is 0.00388. The van der Waals surface area contributed by atoms with Crippen molar-refractivity contribution in [1.29, 1.82) is 0 Å². The molecule has 0 aliphatic carbocycles. The van der Waals surface area contributed by atoms with Crippen molar-refractivity contribution in [2.75, 3.05) is 4.72 Å². The summed E-state index contributed by atoms with van der Waals surface area (Å²) in [6, 6.07) is 21.1. The number of anilines is 1. The molecule has 0 aliphatic rings. The summed E-state index contributed by atoms with van der Waals surface area (Å²) < 4.78 is 55.4. The van der Waals surface area contributed by atoms with Crippen molar-refractivity contribution in [3.8, 4) is 0 Å². The van der Waals surface area contributed by atoms with Gasteiger partial charge in [-0.2, -0.15) is 0 Å². The first-order valence-corrected chi connectivity index (χ1v) is 12.9. The second-order valence-corrected chi connectivity index (χ2v) is 11.2. The first kappa shape index (κ1) is 22.2. The molecule has 0 spiro atoms. The van der Waals surface area contributed by atoms with E-state index in [9.17, 15) is 16.8 Å². The van der Waals surface area contributed by atoms with E-state index >= 15 is 0 Å². The van der Waals surface area contributed by atoms with Gasteiger partial charge in [0.2, 0.25) is 9.84 Å². The number of aromatic nitrogens is 2.